The molecule has 3 aromatic carbocycles. The lowest BCUT2D eigenvalue weighted by Crippen LogP contribution is -2.40. The van der Waals surface area contributed by atoms with Crippen LogP contribution < -0.4 is 10.2 Å². The number of para-hydroxylation sites is 1. The fourth-order valence-corrected chi connectivity index (χ4v) is 4.30. The van der Waals surface area contributed by atoms with Gasteiger partial charge in [-0.25, -0.2) is 0 Å². The minimum atomic E-state index is -0.444. The summed E-state index contributed by atoms with van der Waals surface area (Å²) in [7, 11) is 0. The van der Waals surface area contributed by atoms with Crippen molar-refractivity contribution in [1.82, 2.24) is 0 Å². The van der Waals surface area contributed by atoms with E-state index >= 15 is 0 Å². The van der Waals surface area contributed by atoms with Crippen molar-refractivity contribution < 1.29 is 4.79 Å². The van der Waals surface area contributed by atoms with Gasteiger partial charge in [0.1, 0.15) is 6.04 Å². The molecule has 1 N–H and O–H groups in total. The smallest absolute Gasteiger partial charge is 0.251 e. The maximum absolute atomic E-state index is 13.4. The van der Waals surface area contributed by atoms with Gasteiger partial charge in [0.15, 0.2) is 0 Å². The Labute approximate surface area is 174 Å². The summed E-state index contributed by atoms with van der Waals surface area (Å²) >= 11 is 12.2. The molecule has 0 spiro atoms. The Morgan fingerprint density at radius 1 is 0.929 bits per heavy atom. The molecule has 1 atom stereocenters. The number of nitrogens with zero attached hydrogens (tertiary/aromatic N) is 1. The molecule has 5 heteroatoms. The summed E-state index contributed by atoms with van der Waals surface area (Å²) in [6.45, 7) is 0.820. The molecule has 0 saturated carbocycles. The zero-order valence-electron chi connectivity index (χ0n) is 15.2. The predicted molar refractivity (Wildman–Crippen MR) is 116 cm³/mol. The molecule has 1 aliphatic rings. The molecule has 142 valence electrons. The molecule has 28 heavy (non-hydrogen) atoms. The van der Waals surface area contributed by atoms with Crippen LogP contribution in [0.15, 0.2) is 72.8 Å². The molecular weight excluding hydrogens is 391 g/mol. The van der Waals surface area contributed by atoms with Gasteiger partial charge in [0, 0.05) is 28.0 Å². The third-order valence-electron chi connectivity index (χ3n) is 4.95. The van der Waals surface area contributed by atoms with Gasteiger partial charge in [0.2, 0.25) is 0 Å². The number of rotatable bonds is 4. The second kappa shape index (κ2) is 8.26. The number of anilines is 2. The van der Waals surface area contributed by atoms with E-state index in [4.69, 9.17) is 23.2 Å². The summed E-state index contributed by atoms with van der Waals surface area (Å²) in [4.78, 5) is 15.6. The lowest BCUT2D eigenvalue weighted by Gasteiger charge is -2.37. The third kappa shape index (κ3) is 4.01. The Kier molecular flexibility index (Phi) is 5.56. The largest absolute Gasteiger partial charge is 0.356 e. The summed E-state index contributed by atoms with van der Waals surface area (Å²) in [6.07, 6.45) is 2.04. The lowest BCUT2D eigenvalue weighted by molar-refractivity contribution is -0.117. The number of fused-ring (bicyclic) bond motifs is 1. The Morgan fingerprint density at radius 3 is 2.36 bits per heavy atom. The normalized spacial score (nSPS) is 14.3. The van der Waals surface area contributed by atoms with Crippen molar-refractivity contribution in [3.63, 3.8) is 0 Å². The Hall–Kier alpha value is -2.49. The second-order valence-electron chi connectivity index (χ2n) is 6.89. The van der Waals surface area contributed by atoms with Gasteiger partial charge in [-0.05, 0) is 48.2 Å². The van der Waals surface area contributed by atoms with Crippen LogP contribution in [0, 0.1) is 0 Å². The molecule has 3 nitrogen and oxygen atoms in total. The number of carbonyl (C=O) groups excluding carboxylic acids is 1. The number of nitrogens with one attached hydrogen (secondary N) is 1. The van der Waals surface area contributed by atoms with E-state index in [1.807, 2.05) is 42.5 Å². The minimum Gasteiger partial charge on any atom is -0.356 e. The number of hydrogen-bond acceptors (Lipinski definition) is 2. The number of benzene rings is 3. The fraction of sp³-hybridized carbons (Fsp3) is 0.174. The molecule has 4 rings (SSSR count). The zero-order valence-corrected chi connectivity index (χ0v) is 16.8. The van der Waals surface area contributed by atoms with E-state index < -0.39 is 6.04 Å². The first-order valence-electron chi connectivity index (χ1n) is 9.28. The molecule has 0 radical (unpaired) electrons. The van der Waals surface area contributed by atoms with E-state index in [0.29, 0.717) is 15.7 Å². The van der Waals surface area contributed by atoms with Crippen molar-refractivity contribution in [3.05, 3.63) is 94.0 Å². The van der Waals surface area contributed by atoms with Crippen LogP contribution in [-0.4, -0.2) is 12.5 Å². The molecule has 0 bridgehead atoms. The monoisotopic (exact) mass is 410 g/mol. The SMILES string of the molecule is O=C(Nc1cc(Cl)cc(Cl)c1)C(c1ccccc1)N1CCCc2ccccc21. The van der Waals surface area contributed by atoms with Crippen molar-refractivity contribution in [2.24, 2.45) is 0 Å². The van der Waals surface area contributed by atoms with Gasteiger partial charge in [-0.2, -0.15) is 0 Å². The quantitative estimate of drug-likeness (QED) is 0.561. The van der Waals surface area contributed by atoms with Gasteiger partial charge in [-0.3, -0.25) is 4.79 Å². The van der Waals surface area contributed by atoms with Gasteiger partial charge in [-0.1, -0.05) is 71.7 Å². The summed E-state index contributed by atoms with van der Waals surface area (Å²) in [5.74, 6) is -0.110. The molecule has 3 aromatic rings. The van der Waals surface area contributed by atoms with E-state index in [9.17, 15) is 4.79 Å². The predicted octanol–water partition coefficient (Wildman–Crippen LogP) is 6.13. The number of aryl methyl sites for hydroxylation is 1. The molecule has 1 unspecified atom stereocenters. The standard InChI is InChI=1S/C23H20Cl2N2O/c24-18-13-19(25)15-20(14-18)26-23(28)22(17-8-2-1-3-9-17)27-12-6-10-16-7-4-5-11-21(16)27/h1-5,7-9,11,13-15,22H,6,10,12H2,(H,26,28). The van der Waals surface area contributed by atoms with Gasteiger partial charge < -0.3 is 10.2 Å². The van der Waals surface area contributed by atoms with Crippen molar-refractivity contribution in [1.29, 1.82) is 0 Å². The van der Waals surface area contributed by atoms with Gasteiger partial charge in [0.25, 0.3) is 5.91 Å². The van der Waals surface area contributed by atoms with Crippen LogP contribution in [0.4, 0.5) is 11.4 Å². The average Bonchev–Trinajstić information content (AvgIpc) is 2.68. The summed E-state index contributed by atoms with van der Waals surface area (Å²) in [5.41, 5.74) is 3.92. The molecule has 1 aliphatic heterocycles. The number of halogens is 2. The zero-order chi connectivity index (χ0) is 19.5. The minimum absolute atomic E-state index is 0.110. The van der Waals surface area contributed by atoms with Crippen LogP contribution in [0.5, 0.6) is 0 Å². The highest BCUT2D eigenvalue weighted by atomic mass is 35.5. The third-order valence-corrected chi connectivity index (χ3v) is 5.39. The summed E-state index contributed by atoms with van der Waals surface area (Å²) < 4.78 is 0. The van der Waals surface area contributed by atoms with Gasteiger partial charge in [-0.15, -0.1) is 0 Å². The molecule has 0 aliphatic carbocycles. The van der Waals surface area contributed by atoms with Crippen LogP contribution in [-0.2, 0) is 11.2 Å². The maximum atomic E-state index is 13.4. The van der Waals surface area contributed by atoms with E-state index in [2.05, 4.69) is 22.3 Å². The van der Waals surface area contributed by atoms with Crippen molar-refractivity contribution in [2.75, 3.05) is 16.8 Å². The molecular formula is C23H20Cl2N2O. The van der Waals surface area contributed by atoms with Crippen LogP contribution in [0.2, 0.25) is 10.0 Å². The van der Waals surface area contributed by atoms with Crippen LogP contribution >= 0.6 is 23.2 Å². The van der Waals surface area contributed by atoms with Crippen LogP contribution in [0.1, 0.15) is 23.6 Å². The number of hydrogen-bond donors (Lipinski definition) is 1. The summed E-state index contributed by atoms with van der Waals surface area (Å²) in [5, 5.41) is 3.98. The fourth-order valence-electron chi connectivity index (χ4n) is 3.78. The van der Waals surface area contributed by atoms with Gasteiger partial charge in [0.05, 0.1) is 0 Å². The average molecular weight is 411 g/mol. The Balaban J connectivity index is 1.72. The van der Waals surface area contributed by atoms with Crippen molar-refractivity contribution in [3.8, 4) is 0 Å². The first kappa shape index (κ1) is 18.9. The highest BCUT2D eigenvalue weighted by Crippen LogP contribution is 2.35. The van der Waals surface area contributed by atoms with E-state index in [1.54, 1.807) is 18.2 Å². The topological polar surface area (TPSA) is 32.3 Å². The lowest BCUT2D eigenvalue weighted by atomic mass is 9.96. The Morgan fingerprint density at radius 2 is 1.61 bits per heavy atom. The van der Waals surface area contributed by atoms with E-state index in [0.717, 1.165) is 30.6 Å². The molecule has 0 aromatic heterocycles. The number of carbonyl (C=O) groups is 1. The van der Waals surface area contributed by atoms with Crippen molar-refractivity contribution >= 4 is 40.5 Å². The van der Waals surface area contributed by atoms with E-state index in [1.165, 1.54) is 5.56 Å². The van der Waals surface area contributed by atoms with Crippen LogP contribution in [0.3, 0.4) is 0 Å². The molecule has 1 amide bonds. The molecule has 0 saturated heterocycles. The highest BCUT2D eigenvalue weighted by Gasteiger charge is 2.31. The number of amides is 1. The maximum Gasteiger partial charge on any atom is 0.251 e. The van der Waals surface area contributed by atoms with Crippen LogP contribution in [0.25, 0.3) is 0 Å². The Bertz CT molecular complexity index is 971. The van der Waals surface area contributed by atoms with Gasteiger partial charge >= 0.3 is 0 Å². The van der Waals surface area contributed by atoms with E-state index in [-0.39, 0.29) is 5.91 Å². The second-order valence-corrected chi connectivity index (χ2v) is 7.76. The molecule has 1 heterocycles. The molecule has 0 fully saturated rings. The summed E-state index contributed by atoms with van der Waals surface area (Å²) in [6, 6.07) is 22.8. The first-order chi connectivity index (χ1) is 13.6. The van der Waals surface area contributed by atoms with Crippen molar-refractivity contribution in [2.45, 2.75) is 18.9 Å². The highest BCUT2D eigenvalue weighted by molar-refractivity contribution is 6.35. The first-order valence-corrected chi connectivity index (χ1v) is 10.0.